The Kier molecular flexibility index (Phi) is 6.30. The SMILES string of the molecule is CC(C)(C)OC(=O)NCC(NC(=O)C1CC1c1ccc2c(c1)OCCO2)C1CCCC1. The van der Waals surface area contributed by atoms with Crippen molar-refractivity contribution in [2.75, 3.05) is 19.8 Å². The fraction of sp³-hybridized carbons (Fsp3) is 0.667. The zero-order valence-corrected chi connectivity index (χ0v) is 18.7. The van der Waals surface area contributed by atoms with Gasteiger partial charge in [-0.1, -0.05) is 18.9 Å². The summed E-state index contributed by atoms with van der Waals surface area (Å²) in [7, 11) is 0. The number of hydrogen-bond donors (Lipinski definition) is 2. The maximum Gasteiger partial charge on any atom is 0.407 e. The summed E-state index contributed by atoms with van der Waals surface area (Å²) in [5, 5.41) is 6.09. The maximum atomic E-state index is 13.0. The fourth-order valence-corrected chi connectivity index (χ4v) is 4.64. The van der Waals surface area contributed by atoms with Crippen molar-refractivity contribution in [2.45, 2.75) is 70.4 Å². The molecule has 2 N–H and O–H groups in total. The van der Waals surface area contributed by atoms with E-state index < -0.39 is 11.7 Å². The van der Waals surface area contributed by atoms with Crippen molar-refractivity contribution in [3.05, 3.63) is 23.8 Å². The second kappa shape index (κ2) is 8.97. The highest BCUT2D eigenvalue weighted by Gasteiger charge is 2.45. The molecule has 0 spiro atoms. The van der Waals surface area contributed by atoms with E-state index in [1.165, 1.54) is 12.8 Å². The van der Waals surface area contributed by atoms with Gasteiger partial charge in [-0.15, -0.1) is 0 Å². The van der Waals surface area contributed by atoms with Crippen LogP contribution in [0.1, 0.15) is 64.4 Å². The fourth-order valence-electron chi connectivity index (χ4n) is 4.64. The second-order valence-corrected chi connectivity index (χ2v) is 9.89. The molecule has 170 valence electrons. The lowest BCUT2D eigenvalue weighted by Gasteiger charge is -2.26. The number of hydrogen-bond acceptors (Lipinski definition) is 5. The molecule has 3 atom stereocenters. The van der Waals surface area contributed by atoms with Crippen molar-refractivity contribution >= 4 is 12.0 Å². The third kappa shape index (κ3) is 5.63. The van der Waals surface area contributed by atoms with Gasteiger partial charge >= 0.3 is 6.09 Å². The van der Waals surface area contributed by atoms with E-state index in [2.05, 4.69) is 10.6 Å². The van der Waals surface area contributed by atoms with E-state index in [0.717, 1.165) is 36.3 Å². The van der Waals surface area contributed by atoms with E-state index in [1.807, 2.05) is 39.0 Å². The van der Waals surface area contributed by atoms with Crippen molar-refractivity contribution < 1.29 is 23.8 Å². The molecular weight excluding hydrogens is 396 g/mol. The average Bonchev–Trinajstić information content (AvgIpc) is 3.34. The van der Waals surface area contributed by atoms with Gasteiger partial charge in [-0.25, -0.2) is 4.79 Å². The zero-order valence-electron chi connectivity index (χ0n) is 18.7. The Balaban J connectivity index is 1.34. The maximum absolute atomic E-state index is 13.0. The molecule has 2 saturated carbocycles. The number of carbonyl (C=O) groups is 2. The Morgan fingerprint density at radius 3 is 2.55 bits per heavy atom. The summed E-state index contributed by atoms with van der Waals surface area (Å²) in [6, 6.07) is 5.90. The van der Waals surface area contributed by atoms with E-state index in [9.17, 15) is 9.59 Å². The molecule has 7 heteroatoms. The molecule has 1 aromatic rings. The van der Waals surface area contributed by atoms with Crippen LogP contribution in [0.5, 0.6) is 11.5 Å². The van der Waals surface area contributed by atoms with Crippen LogP contribution in [-0.4, -0.2) is 43.4 Å². The first kappa shape index (κ1) is 21.8. The van der Waals surface area contributed by atoms with Crippen LogP contribution in [0.15, 0.2) is 18.2 Å². The molecule has 2 fully saturated rings. The first-order valence-corrected chi connectivity index (χ1v) is 11.5. The molecule has 0 radical (unpaired) electrons. The Morgan fingerprint density at radius 1 is 1.13 bits per heavy atom. The van der Waals surface area contributed by atoms with Crippen LogP contribution < -0.4 is 20.1 Å². The highest BCUT2D eigenvalue weighted by molar-refractivity contribution is 5.83. The highest BCUT2D eigenvalue weighted by atomic mass is 16.6. The molecule has 0 aromatic heterocycles. The number of carbonyl (C=O) groups excluding carboxylic acids is 2. The summed E-state index contributed by atoms with van der Waals surface area (Å²) in [5.41, 5.74) is 0.579. The summed E-state index contributed by atoms with van der Waals surface area (Å²) in [4.78, 5) is 25.1. The molecule has 0 bridgehead atoms. The molecule has 4 rings (SSSR count). The van der Waals surface area contributed by atoms with Gasteiger partial charge in [0, 0.05) is 18.5 Å². The lowest BCUT2D eigenvalue weighted by molar-refractivity contribution is -0.123. The second-order valence-electron chi connectivity index (χ2n) is 9.89. The predicted octanol–water partition coefficient (Wildman–Crippen LogP) is 3.76. The number of fused-ring (bicyclic) bond motifs is 1. The topological polar surface area (TPSA) is 85.9 Å². The summed E-state index contributed by atoms with van der Waals surface area (Å²) in [6.07, 6.45) is 4.90. The van der Waals surface area contributed by atoms with E-state index >= 15 is 0 Å². The Morgan fingerprint density at radius 2 is 1.84 bits per heavy atom. The van der Waals surface area contributed by atoms with Crippen LogP contribution in [0.25, 0.3) is 0 Å². The number of ether oxygens (including phenoxy) is 3. The van der Waals surface area contributed by atoms with Gasteiger partial charge in [0.05, 0.1) is 0 Å². The standard InChI is InChI=1S/C24H34N2O5/c1-24(2,3)31-23(28)25-14-19(15-6-4-5-7-15)26-22(27)18-13-17(18)16-8-9-20-21(12-16)30-11-10-29-20/h8-9,12,15,17-19H,4-7,10-11,13-14H2,1-3H3,(H,25,28)(H,26,27). The van der Waals surface area contributed by atoms with Gasteiger partial charge in [0.1, 0.15) is 18.8 Å². The number of benzene rings is 1. The van der Waals surface area contributed by atoms with Gasteiger partial charge in [-0.2, -0.15) is 0 Å². The van der Waals surface area contributed by atoms with Crippen molar-refractivity contribution in [1.29, 1.82) is 0 Å². The van der Waals surface area contributed by atoms with Crippen LogP contribution in [0.2, 0.25) is 0 Å². The Hall–Kier alpha value is -2.44. The van der Waals surface area contributed by atoms with Gasteiger partial charge in [0.2, 0.25) is 5.91 Å². The minimum absolute atomic E-state index is 0.0343. The summed E-state index contributed by atoms with van der Waals surface area (Å²) >= 11 is 0. The summed E-state index contributed by atoms with van der Waals surface area (Å²) in [5.74, 6) is 2.17. The lowest BCUT2D eigenvalue weighted by Crippen LogP contribution is -2.48. The molecule has 1 heterocycles. The molecule has 3 unspecified atom stereocenters. The van der Waals surface area contributed by atoms with E-state index in [0.29, 0.717) is 25.7 Å². The van der Waals surface area contributed by atoms with Gasteiger partial charge in [0.25, 0.3) is 0 Å². The molecular formula is C24H34N2O5. The summed E-state index contributed by atoms with van der Waals surface area (Å²) < 4.78 is 16.6. The highest BCUT2D eigenvalue weighted by Crippen LogP contribution is 2.49. The first-order valence-electron chi connectivity index (χ1n) is 11.5. The van der Waals surface area contributed by atoms with Crippen molar-refractivity contribution in [1.82, 2.24) is 10.6 Å². The zero-order chi connectivity index (χ0) is 22.0. The molecule has 0 saturated heterocycles. The third-order valence-corrected chi connectivity index (χ3v) is 6.28. The normalized spacial score (nSPS) is 23.7. The molecule has 1 aliphatic heterocycles. The minimum Gasteiger partial charge on any atom is -0.486 e. The smallest absolute Gasteiger partial charge is 0.407 e. The number of amides is 2. The monoisotopic (exact) mass is 430 g/mol. The van der Waals surface area contributed by atoms with Crippen molar-refractivity contribution in [3.63, 3.8) is 0 Å². The number of rotatable bonds is 6. The van der Waals surface area contributed by atoms with Gasteiger partial charge < -0.3 is 24.8 Å². The van der Waals surface area contributed by atoms with Crippen LogP contribution >= 0.6 is 0 Å². The molecule has 2 amide bonds. The van der Waals surface area contributed by atoms with E-state index in [4.69, 9.17) is 14.2 Å². The van der Waals surface area contributed by atoms with E-state index in [-0.39, 0.29) is 23.8 Å². The van der Waals surface area contributed by atoms with Crippen LogP contribution in [-0.2, 0) is 9.53 Å². The Bertz CT molecular complexity index is 813. The number of nitrogens with one attached hydrogen (secondary N) is 2. The molecule has 7 nitrogen and oxygen atoms in total. The predicted molar refractivity (Wildman–Crippen MR) is 116 cm³/mol. The largest absolute Gasteiger partial charge is 0.486 e. The third-order valence-electron chi connectivity index (χ3n) is 6.28. The molecule has 1 aromatic carbocycles. The van der Waals surface area contributed by atoms with Crippen LogP contribution in [0.4, 0.5) is 4.79 Å². The Labute approximate surface area is 184 Å². The first-order chi connectivity index (χ1) is 14.8. The van der Waals surface area contributed by atoms with Crippen molar-refractivity contribution in [2.24, 2.45) is 11.8 Å². The van der Waals surface area contributed by atoms with Crippen LogP contribution in [0, 0.1) is 11.8 Å². The quantitative estimate of drug-likeness (QED) is 0.718. The average molecular weight is 431 g/mol. The van der Waals surface area contributed by atoms with E-state index in [1.54, 1.807) is 0 Å². The molecule has 2 aliphatic carbocycles. The lowest BCUT2D eigenvalue weighted by atomic mass is 9.97. The summed E-state index contributed by atoms with van der Waals surface area (Å²) in [6.45, 7) is 7.04. The van der Waals surface area contributed by atoms with Crippen LogP contribution in [0.3, 0.4) is 0 Å². The van der Waals surface area contributed by atoms with Gasteiger partial charge in [-0.3, -0.25) is 4.79 Å². The molecule has 3 aliphatic rings. The van der Waals surface area contributed by atoms with Gasteiger partial charge in [0.15, 0.2) is 11.5 Å². The van der Waals surface area contributed by atoms with Gasteiger partial charge in [-0.05, 0) is 69.6 Å². The van der Waals surface area contributed by atoms with Crippen molar-refractivity contribution in [3.8, 4) is 11.5 Å². The number of alkyl carbamates (subject to hydrolysis) is 1. The minimum atomic E-state index is -0.541. The molecule has 31 heavy (non-hydrogen) atoms.